The normalized spacial score (nSPS) is 23.8. The van der Waals surface area contributed by atoms with Gasteiger partial charge in [-0.25, -0.2) is 0 Å². The summed E-state index contributed by atoms with van der Waals surface area (Å²) in [5.74, 6) is -0.496. The second kappa shape index (κ2) is 7.29. The van der Waals surface area contributed by atoms with Gasteiger partial charge in [0.15, 0.2) is 0 Å². The second-order valence-corrected chi connectivity index (χ2v) is 6.50. The number of nitrogens with one attached hydrogen (secondary N) is 1. The number of ether oxygens (including phenoxy) is 1. The van der Waals surface area contributed by atoms with Crippen LogP contribution in [0.25, 0.3) is 0 Å². The van der Waals surface area contributed by atoms with E-state index in [2.05, 4.69) is 5.32 Å². The van der Waals surface area contributed by atoms with Gasteiger partial charge in [-0.3, -0.25) is 9.69 Å². The van der Waals surface area contributed by atoms with Crippen molar-refractivity contribution in [3.8, 4) is 0 Å². The quantitative estimate of drug-likeness (QED) is 0.887. The molecule has 1 saturated heterocycles. The maximum absolute atomic E-state index is 13.1. The first-order chi connectivity index (χ1) is 11.1. The van der Waals surface area contributed by atoms with Crippen LogP contribution < -0.4 is 5.32 Å². The van der Waals surface area contributed by atoms with E-state index in [9.17, 15) is 18.0 Å². The summed E-state index contributed by atoms with van der Waals surface area (Å²) in [4.78, 5) is 14.3. The highest BCUT2D eigenvalue weighted by Crippen LogP contribution is 2.36. The van der Waals surface area contributed by atoms with Crippen LogP contribution >= 0.6 is 11.6 Å². The molecule has 1 fully saturated rings. The lowest BCUT2D eigenvalue weighted by atomic mass is 10.1. The van der Waals surface area contributed by atoms with Crippen molar-refractivity contribution < 1.29 is 22.7 Å². The zero-order chi connectivity index (χ0) is 18.1. The number of amides is 1. The number of carbonyl (C=O) groups excluding carboxylic acids is 1. The predicted octanol–water partition coefficient (Wildman–Crippen LogP) is 3.80. The first-order valence-electron chi connectivity index (χ1n) is 7.65. The van der Waals surface area contributed by atoms with Gasteiger partial charge in [0.2, 0.25) is 5.91 Å². The molecule has 0 unspecified atom stereocenters. The highest BCUT2D eigenvalue weighted by atomic mass is 35.5. The lowest BCUT2D eigenvalue weighted by molar-refractivity contribution is -0.137. The fraction of sp³-hybridized carbons (Fsp3) is 0.562. The predicted molar refractivity (Wildman–Crippen MR) is 86.1 cm³/mol. The van der Waals surface area contributed by atoms with Crippen LogP contribution in [-0.2, 0) is 15.7 Å². The molecule has 24 heavy (non-hydrogen) atoms. The molecular formula is C16H20ClF3N2O2. The zero-order valence-corrected chi connectivity index (χ0v) is 14.4. The van der Waals surface area contributed by atoms with Crippen molar-refractivity contribution in [2.75, 3.05) is 18.4 Å². The summed E-state index contributed by atoms with van der Waals surface area (Å²) in [6.45, 7) is 6.56. The van der Waals surface area contributed by atoms with Crippen molar-refractivity contribution in [3.63, 3.8) is 0 Å². The molecule has 1 amide bonds. The van der Waals surface area contributed by atoms with Crippen LogP contribution in [0.3, 0.4) is 0 Å². The molecule has 1 aromatic carbocycles. The van der Waals surface area contributed by atoms with Gasteiger partial charge < -0.3 is 10.1 Å². The van der Waals surface area contributed by atoms with E-state index in [0.29, 0.717) is 13.1 Å². The Morgan fingerprint density at radius 2 is 1.92 bits per heavy atom. The number of benzene rings is 1. The topological polar surface area (TPSA) is 41.6 Å². The molecule has 0 aliphatic carbocycles. The van der Waals surface area contributed by atoms with Crippen LogP contribution in [0.15, 0.2) is 18.2 Å². The van der Waals surface area contributed by atoms with Gasteiger partial charge in [-0.1, -0.05) is 11.6 Å². The largest absolute Gasteiger partial charge is 0.418 e. The highest BCUT2D eigenvalue weighted by molar-refractivity contribution is 6.30. The van der Waals surface area contributed by atoms with E-state index in [0.717, 1.165) is 6.07 Å². The molecule has 0 saturated carbocycles. The summed E-state index contributed by atoms with van der Waals surface area (Å²) in [7, 11) is 0. The zero-order valence-electron chi connectivity index (χ0n) is 13.7. The number of halogens is 4. The monoisotopic (exact) mass is 364 g/mol. The first kappa shape index (κ1) is 19.0. The molecule has 1 N–H and O–H groups in total. The number of rotatable bonds is 3. The molecule has 0 aromatic heterocycles. The van der Waals surface area contributed by atoms with Gasteiger partial charge in [0.1, 0.15) is 0 Å². The Kier molecular flexibility index (Phi) is 5.78. The Morgan fingerprint density at radius 3 is 2.46 bits per heavy atom. The molecule has 1 aliphatic rings. The van der Waals surface area contributed by atoms with Gasteiger partial charge in [-0.2, -0.15) is 13.2 Å². The summed E-state index contributed by atoms with van der Waals surface area (Å²) >= 11 is 5.64. The average molecular weight is 365 g/mol. The second-order valence-electron chi connectivity index (χ2n) is 6.06. The SMILES string of the molecule is C[C@@H]1CN([C@H](C)C(=O)Nc2ccc(Cl)cc2C(F)(F)F)C[C@@H](C)O1. The van der Waals surface area contributed by atoms with Crippen molar-refractivity contribution in [1.82, 2.24) is 4.90 Å². The fourth-order valence-corrected chi connectivity index (χ4v) is 2.97. The molecule has 0 radical (unpaired) electrons. The van der Waals surface area contributed by atoms with E-state index < -0.39 is 23.7 Å². The minimum Gasteiger partial charge on any atom is -0.373 e. The minimum absolute atomic E-state index is 0.0368. The molecule has 4 nitrogen and oxygen atoms in total. The van der Waals surface area contributed by atoms with E-state index in [-0.39, 0.29) is 22.9 Å². The van der Waals surface area contributed by atoms with Gasteiger partial charge in [0.05, 0.1) is 29.5 Å². The number of hydrogen-bond donors (Lipinski definition) is 1. The van der Waals surface area contributed by atoms with Crippen LogP contribution in [-0.4, -0.2) is 42.1 Å². The minimum atomic E-state index is -4.60. The Hall–Kier alpha value is -1.31. The molecule has 8 heteroatoms. The van der Waals surface area contributed by atoms with Gasteiger partial charge in [-0.05, 0) is 39.0 Å². The number of anilines is 1. The van der Waals surface area contributed by atoms with E-state index in [4.69, 9.17) is 16.3 Å². The third-order valence-corrected chi connectivity index (χ3v) is 4.15. The van der Waals surface area contributed by atoms with E-state index in [1.54, 1.807) is 6.92 Å². The maximum atomic E-state index is 13.1. The summed E-state index contributed by atoms with van der Waals surface area (Å²) in [5, 5.41) is 2.33. The number of carbonyl (C=O) groups is 1. The van der Waals surface area contributed by atoms with Crippen LogP contribution in [0.2, 0.25) is 5.02 Å². The Bertz CT molecular complexity index is 599. The molecule has 1 heterocycles. The van der Waals surface area contributed by atoms with Crippen LogP contribution in [0, 0.1) is 0 Å². The summed E-state index contributed by atoms with van der Waals surface area (Å²) in [6.07, 6.45) is -4.67. The van der Waals surface area contributed by atoms with Crippen molar-refractivity contribution in [1.29, 1.82) is 0 Å². The van der Waals surface area contributed by atoms with Crippen LogP contribution in [0.4, 0.5) is 18.9 Å². The van der Waals surface area contributed by atoms with Gasteiger partial charge >= 0.3 is 6.18 Å². The standard InChI is InChI=1S/C16H20ClF3N2O2/c1-9-7-22(8-10(2)24-9)11(3)15(23)21-14-5-4-12(17)6-13(14)16(18,19)20/h4-6,9-11H,7-8H2,1-3H3,(H,21,23)/t9-,10-,11-/m1/s1. The molecule has 0 spiro atoms. The number of alkyl halides is 3. The van der Waals surface area contributed by atoms with Crippen LogP contribution in [0.1, 0.15) is 26.3 Å². The molecule has 0 bridgehead atoms. The smallest absolute Gasteiger partial charge is 0.373 e. The molecule has 3 atom stereocenters. The summed E-state index contributed by atoms with van der Waals surface area (Å²) in [5.41, 5.74) is -1.25. The van der Waals surface area contributed by atoms with E-state index in [1.807, 2.05) is 18.7 Å². The third-order valence-electron chi connectivity index (χ3n) is 3.92. The molecule has 1 aromatic rings. The van der Waals surface area contributed by atoms with Crippen molar-refractivity contribution in [2.24, 2.45) is 0 Å². The van der Waals surface area contributed by atoms with Crippen molar-refractivity contribution in [3.05, 3.63) is 28.8 Å². The average Bonchev–Trinajstić information content (AvgIpc) is 2.46. The Labute approximate surface area is 143 Å². The van der Waals surface area contributed by atoms with Crippen molar-refractivity contribution in [2.45, 2.75) is 45.2 Å². The lowest BCUT2D eigenvalue weighted by Crippen LogP contribution is -2.52. The number of hydrogen-bond acceptors (Lipinski definition) is 3. The lowest BCUT2D eigenvalue weighted by Gasteiger charge is -2.38. The molecule has 2 rings (SSSR count). The molecule has 1 aliphatic heterocycles. The van der Waals surface area contributed by atoms with E-state index >= 15 is 0 Å². The van der Waals surface area contributed by atoms with Crippen LogP contribution in [0.5, 0.6) is 0 Å². The number of nitrogens with zero attached hydrogens (tertiary/aromatic N) is 1. The summed E-state index contributed by atoms with van der Waals surface area (Å²) < 4.78 is 44.9. The summed E-state index contributed by atoms with van der Waals surface area (Å²) in [6, 6.07) is 2.72. The van der Waals surface area contributed by atoms with Crippen molar-refractivity contribution >= 4 is 23.2 Å². The van der Waals surface area contributed by atoms with E-state index in [1.165, 1.54) is 12.1 Å². The number of morpholine rings is 1. The fourth-order valence-electron chi connectivity index (χ4n) is 2.80. The first-order valence-corrected chi connectivity index (χ1v) is 8.03. The Morgan fingerprint density at radius 1 is 1.33 bits per heavy atom. The molecular weight excluding hydrogens is 345 g/mol. The highest BCUT2D eigenvalue weighted by Gasteiger charge is 2.35. The Balaban J connectivity index is 2.15. The van der Waals surface area contributed by atoms with Gasteiger partial charge in [0.25, 0.3) is 0 Å². The van der Waals surface area contributed by atoms with Gasteiger partial charge in [-0.15, -0.1) is 0 Å². The third kappa shape index (κ3) is 4.62. The van der Waals surface area contributed by atoms with Gasteiger partial charge in [0, 0.05) is 18.1 Å². The molecule has 134 valence electrons. The maximum Gasteiger partial charge on any atom is 0.418 e.